The molecule has 0 saturated heterocycles. The zero-order valence-corrected chi connectivity index (χ0v) is 13.3. The van der Waals surface area contributed by atoms with Crippen LogP contribution in [0.4, 0.5) is 0 Å². The molecule has 2 rings (SSSR count). The van der Waals surface area contributed by atoms with Gasteiger partial charge in [-0.25, -0.2) is 0 Å². The monoisotopic (exact) mass is 319 g/mol. The highest BCUT2D eigenvalue weighted by molar-refractivity contribution is 6.30. The van der Waals surface area contributed by atoms with Crippen LogP contribution in [-0.4, -0.2) is 25.7 Å². The van der Waals surface area contributed by atoms with Crippen LogP contribution < -0.4 is 14.8 Å². The lowest BCUT2D eigenvalue weighted by atomic mass is 10.2. The Morgan fingerprint density at radius 2 is 1.68 bits per heavy atom. The minimum atomic E-state index is -0.150. The lowest BCUT2D eigenvalue weighted by molar-refractivity contribution is 0.0926. The van der Waals surface area contributed by atoms with Crippen LogP contribution in [0.3, 0.4) is 0 Å². The summed E-state index contributed by atoms with van der Waals surface area (Å²) in [6, 6.07) is 13.9. The highest BCUT2D eigenvalue weighted by atomic mass is 35.5. The van der Waals surface area contributed by atoms with E-state index in [-0.39, 0.29) is 11.9 Å². The summed E-state index contributed by atoms with van der Waals surface area (Å²) in [5, 5.41) is 3.48. The van der Waals surface area contributed by atoms with Crippen molar-refractivity contribution < 1.29 is 14.3 Å². The van der Waals surface area contributed by atoms with Gasteiger partial charge in [0.15, 0.2) is 0 Å². The summed E-state index contributed by atoms with van der Waals surface area (Å²) in [5.41, 5.74) is 0.570. The molecule has 1 unspecified atom stereocenters. The molecule has 22 heavy (non-hydrogen) atoms. The topological polar surface area (TPSA) is 47.6 Å². The van der Waals surface area contributed by atoms with Gasteiger partial charge in [-0.1, -0.05) is 11.6 Å². The summed E-state index contributed by atoms with van der Waals surface area (Å²) >= 11 is 5.80. The highest BCUT2D eigenvalue weighted by Crippen LogP contribution is 2.17. The van der Waals surface area contributed by atoms with Crippen LogP contribution in [0.25, 0.3) is 0 Å². The lowest BCUT2D eigenvalue weighted by Crippen LogP contribution is -2.36. The molecule has 0 aliphatic heterocycles. The normalized spacial score (nSPS) is 11.6. The molecule has 4 nitrogen and oxygen atoms in total. The Morgan fingerprint density at radius 3 is 2.27 bits per heavy atom. The van der Waals surface area contributed by atoms with E-state index in [9.17, 15) is 4.79 Å². The quantitative estimate of drug-likeness (QED) is 0.885. The first kappa shape index (κ1) is 16.2. The molecule has 0 aliphatic carbocycles. The molecule has 0 spiro atoms. The third kappa shape index (κ3) is 4.67. The Bertz CT molecular complexity index is 611. The average Bonchev–Trinajstić information content (AvgIpc) is 2.54. The minimum Gasteiger partial charge on any atom is -0.497 e. The molecular formula is C17H18ClNO3. The predicted molar refractivity (Wildman–Crippen MR) is 86.9 cm³/mol. The Kier molecular flexibility index (Phi) is 5.67. The van der Waals surface area contributed by atoms with E-state index >= 15 is 0 Å². The molecule has 0 aliphatic rings. The van der Waals surface area contributed by atoms with Gasteiger partial charge in [0.2, 0.25) is 0 Å². The molecule has 2 aromatic rings. The molecule has 0 saturated carbocycles. The maximum Gasteiger partial charge on any atom is 0.251 e. The van der Waals surface area contributed by atoms with Gasteiger partial charge in [-0.15, -0.1) is 0 Å². The first-order chi connectivity index (χ1) is 10.6. The molecule has 5 heteroatoms. The molecule has 116 valence electrons. The zero-order valence-electron chi connectivity index (χ0n) is 12.5. The van der Waals surface area contributed by atoms with Gasteiger partial charge in [0, 0.05) is 10.6 Å². The van der Waals surface area contributed by atoms with Crippen molar-refractivity contribution in [3.05, 3.63) is 59.1 Å². The maximum atomic E-state index is 12.0. The van der Waals surface area contributed by atoms with Crippen molar-refractivity contribution in [2.24, 2.45) is 0 Å². The van der Waals surface area contributed by atoms with Gasteiger partial charge >= 0.3 is 0 Å². The molecular weight excluding hydrogens is 302 g/mol. The number of hydrogen-bond donors (Lipinski definition) is 1. The molecule has 0 heterocycles. The molecule has 0 radical (unpaired) electrons. The number of rotatable bonds is 6. The van der Waals surface area contributed by atoms with Crippen molar-refractivity contribution in [1.29, 1.82) is 0 Å². The maximum absolute atomic E-state index is 12.0. The standard InChI is InChI=1S/C17H18ClNO3/c1-12(11-22-16-9-7-15(21-2)8-10-16)19-17(20)13-3-5-14(18)6-4-13/h3-10,12H,11H2,1-2H3,(H,19,20). The zero-order chi connectivity index (χ0) is 15.9. The molecule has 1 amide bonds. The smallest absolute Gasteiger partial charge is 0.251 e. The summed E-state index contributed by atoms with van der Waals surface area (Å²) in [6.07, 6.45) is 0. The van der Waals surface area contributed by atoms with Gasteiger partial charge in [-0.05, 0) is 55.5 Å². The van der Waals surface area contributed by atoms with E-state index < -0.39 is 0 Å². The number of carbonyl (C=O) groups excluding carboxylic acids is 1. The van der Waals surface area contributed by atoms with E-state index in [0.29, 0.717) is 17.2 Å². The second kappa shape index (κ2) is 7.71. The number of ether oxygens (including phenoxy) is 2. The Balaban J connectivity index is 1.82. The molecule has 0 fully saturated rings. The molecule has 0 bridgehead atoms. The molecule has 1 atom stereocenters. The van der Waals surface area contributed by atoms with Crippen LogP contribution in [0.15, 0.2) is 48.5 Å². The third-order valence-corrected chi connectivity index (χ3v) is 3.30. The van der Waals surface area contributed by atoms with Gasteiger partial charge in [0.1, 0.15) is 18.1 Å². The first-order valence-electron chi connectivity index (χ1n) is 6.92. The van der Waals surface area contributed by atoms with Crippen molar-refractivity contribution >= 4 is 17.5 Å². The van der Waals surface area contributed by atoms with E-state index in [2.05, 4.69) is 5.32 Å². The summed E-state index contributed by atoms with van der Waals surface area (Å²) in [5.74, 6) is 1.35. The van der Waals surface area contributed by atoms with E-state index in [1.807, 2.05) is 31.2 Å². The van der Waals surface area contributed by atoms with Crippen LogP contribution in [0.5, 0.6) is 11.5 Å². The highest BCUT2D eigenvalue weighted by Gasteiger charge is 2.10. The van der Waals surface area contributed by atoms with Crippen molar-refractivity contribution in [3.63, 3.8) is 0 Å². The molecule has 0 aromatic heterocycles. The first-order valence-corrected chi connectivity index (χ1v) is 7.29. The fourth-order valence-corrected chi connectivity index (χ4v) is 1.97. The van der Waals surface area contributed by atoms with Crippen molar-refractivity contribution in [2.45, 2.75) is 13.0 Å². The van der Waals surface area contributed by atoms with Crippen LogP contribution in [-0.2, 0) is 0 Å². The van der Waals surface area contributed by atoms with Crippen molar-refractivity contribution in [1.82, 2.24) is 5.32 Å². The van der Waals surface area contributed by atoms with Gasteiger partial charge in [0.05, 0.1) is 13.2 Å². The van der Waals surface area contributed by atoms with Gasteiger partial charge in [-0.3, -0.25) is 4.79 Å². The second-order valence-corrected chi connectivity index (χ2v) is 5.30. The number of nitrogens with one attached hydrogen (secondary N) is 1. The van der Waals surface area contributed by atoms with E-state index in [4.69, 9.17) is 21.1 Å². The van der Waals surface area contributed by atoms with Crippen molar-refractivity contribution in [2.75, 3.05) is 13.7 Å². The van der Waals surface area contributed by atoms with Gasteiger partial charge < -0.3 is 14.8 Å². The minimum absolute atomic E-state index is 0.120. The lowest BCUT2D eigenvalue weighted by Gasteiger charge is -2.15. The summed E-state index contributed by atoms with van der Waals surface area (Å²) in [7, 11) is 1.62. The number of amides is 1. The van der Waals surface area contributed by atoms with Crippen LogP contribution in [0, 0.1) is 0 Å². The summed E-state index contributed by atoms with van der Waals surface area (Å²) < 4.78 is 10.7. The Morgan fingerprint density at radius 1 is 1.09 bits per heavy atom. The number of hydrogen-bond acceptors (Lipinski definition) is 3. The van der Waals surface area contributed by atoms with Gasteiger partial charge in [0.25, 0.3) is 5.91 Å². The number of carbonyl (C=O) groups is 1. The Labute approximate surface area is 135 Å². The number of benzene rings is 2. The van der Waals surface area contributed by atoms with E-state index in [1.165, 1.54) is 0 Å². The average molecular weight is 320 g/mol. The third-order valence-electron chi connectivity index (χ3n) is 3.04. The van der Waals surface area contributed by atoms with Crippen molar-refractivity contribution in [3.8, 4) is 11.5 Å². The Hall–Kier alpha value is -2.20. The fourth-order valence-electron chi connectivity index (χ4n) is 1.84. The number of halogens is 1. The predicted octanol–water partition coefficient (Wildman–Crippen LogP) is 3.55. The van der Waals surface area contributed by atoms with Crippen LogP contribution in [0.1, 0.15) is 17.3 Å². The fraction of sp³-hybridized carbons (Fsp3) is 0.235. The van der Waals surface area contributed by atoms with Gasteiger partial charge in [-0.2, -0.15) is 0 Å². The van der Waals surface area contributed by atoms with Crippen LogP contribution >= 0.6 is 11.6 Å². The SMILES string of the molecule is COc1ccc(OCC(C)NC(=O)c2ccc(Cl)cc2)cc1. The molecule has 1 N–H and O–H groups in total. The summed E-state index contributed by atoms with van der Waals surface area (Å²) in [4.78, 5) is 12.0. The van der Waals surface area contributed by atoms with Crippen LogP contribution in [0.2, 0.25) is 5.02 Å². The largest absolute Gasteiger partial charge is 0.497 e. The molecule has 2 aromatic carbocycles. The van der Waals surface area contributed by atoms with E-state index in [0.717, 1.165) is 11.5 Å². The number of methoxy groups -OCH3 is 1. The summed E-state index contributed by atoms with van der Waals surface area (Å²) in [6.45, 7) is 2.27. The van der Waals surface area contributed by atoms with E-state index in [1.54, 1.807) is 31.4 Å². The second-order valence-electron chi connectivity index (χ2n) is 4.87.